The molecule has 4 nitrogen and oxygen atoms in total. The summed E-state index contributed by atoms with van der Waals surface area (Å²) in [5, 5.41) is 9.90. The van der Waals surface area contributed by atoms with Crippen molar-refractivity contribution in [3.63, 3.8) is 0 Å². The molecule has 2 aromatic carbocycles. The second kappa shape index (κ2) is 8.67. The number of rotatable bonds is 7. The fourth-order valence-corrected chi connectivity index (χ4v) is 2.84. The van der Waals surface area contributed by atoms with Crippen LogP contribution in [0, 0.1) is 0 Å². The topological polar surface area (TPSA) is 57.6 Å². The Morgan fingerprint density at radius 3 is 2.40 bits per heavy atom. The predicted octanol–water partition coefficient (Wildman–Crippen LogP) is 4.06. The van der Waals surface area contributed by atoms with Crippen LogP contribution in [0.5, 0.6) is 0 Å². The average molecular weight is 360 g/mol. The zero-order valence-corrected chi connectivity index (χ0v) is 15.2. The van der Waals surface area contributed by atoms with Gasteiger partial charge in [0.15, 0.2) is 0 Å². The Balaban J connectivity index is 1.93. The summed E-state index contributed by atoms with van der Waals surface area (Å²) in [4.78, 5) is 25.4. The standard InChI is InChI=1S/C20H22ClNO3/c1-14(13-15-7-10-17(21)11-8-15)22(2)19(23)12-9-16-5-3-4-6-18(16)20(24)25/h3-8,10-11,14H,9,12-13H2,1-2H3,(H,24,25). The maximum atomic E-state index is 12.4. The van der Waals surface area contributed by atoms with E-state index in [0.29, 0.717) is 17.0 Å². The van der Waals surface area contributed by atoms with Crippen molar-refractivity contribution < 1.29 is 14.7 Å². The molecular weight excluding hydrogens is 338 g/mol. The number of aryl methyl sites for hydroxylation is 1. The average Bonchev–Trinajstić information content (AvgIpc) is 2.61. The van der Waals surface area contributed by atoms with Crippen LogP contribution < -0.4 is 0 Å². The van der Waals surface area contributed by atoms with Crippen molar-refractivity contribution in [1.29, 1.82) is 0 Å². The van der Waals surface area contributed by atoms with Crippen molar-refractivity contribution in [2.75, 3.05) is 7.05 Å². The van der Waals surface area contributed by atoms with Crippen LogP contribution in [0.4, 0.5) is 0 Å². The molecule has 0 radical (unpaired) electrons. The largest absolute Gasteiger partial charge is 0.478 e. The van der Waals surface area contributed by atoms with Crippen LogP contribution in [0.2, 0.25) is 5.02 Å². The lowest BCUT2D eigenvalue weighted by molar-refractivity contribution is -0.131. The molecule has 0 aromatic heterocycles. The summed E-state index contributed by atoms with van der Waals surface area (Å²) in [6, 6.07) is 14.4. The summed E-state index contributed by atoms with van der Waals surface area (Å²) >= 11 is 5.89. The molecule has 2 aromatic rings. The van der Waals surface area contributed by atoms with Gasteiger partial charge in [0.25, 0.3) is 0 Å². The molecule has 0 fully saturated rings. The van der Waals surface area contributed by atoms with E-state index in [4.69, 9.17) is 11.6 Å². The van der Waals surface area contributed by atoms with Gasteiger partial charge in [-0.2, -0.15) is 0 Å². The number of carbonyl (C=O) groups excluding carboxylic acids is 1. The fraction of sp³-hybridized carbons (Fsp3) is 0.300. The van der Waals surface area contributed by atoms with Crippen LogP contribution in [0.15, 0.2) is 48.5 Å². The highest BCUT2D eigenvalue weighted by atomic mass is 35.5. The lowest BCUT2D eigenvalue weighted by atomic mass is 10.0. The van der Waals surface area contributed by atoms with Gasteiger partial charge in [-0.1, -0.05) is 41.9 Å². The zero-order chi connectivity index (χ0) is 18.4. The van der Waals surface area contributed by atoms with E-state index in [-0.39, 0.29) is 23.9 Å². The summed E-state index contributed by atoms with van der Waals surface area (Å²) in [5.74, 6) is -0.964. The molecule has 0 spiro atoms. The lowest BCUT2D eigenvalue weighted by Gasteiger charge is -2.25. The summed E-state index contributed by atoms with van der Waals surface area (Å²) in [7, 11) is 1.78. The Kier molecular flexibility index (Phi) is 6.59. The van der Waals surface area contributed by atoms with Gasteiger partial charge in [-0.15, -0.1) is 0 Å². The van der Waals surface area contributed by atoms with Crippen molar-refractivity contribution >= 4 is 23.5 Å². The quantitative estimate of drug-likeness (QED) is 0.811. The first-order chi connectivity index (χ1) is 11.9. The normalized spacial score (nSPS) is 11.8. The minimum Gasteiger partial charge on any atom is -0.478 e. The number of carbonyl (C=O) groups is 2. The van der Waals surface area contributed by atoms with E-state index in [1.807, 2.05) is 31.2 Å². The van der Waals surface area contributed by atoms with Gasteiger partial charge in [0, 0.05) is 24.5 Å². The monoisotopic (exact) mass is 359 g/mol. The van der Waals surface area contributed by atoms with Gasteiger partial charge in [-0.3, -0.25) is 4.79 Å². The summed E-state index contributed by atoms with van der Waals surface area (Å²) in [6.45, 7) is 2.00. The van der Waals surface area contributed by atoms with E-state index in [1.165, 1.54) is 0 Å². The molecule has 0 heterocycles. The maximum absolute atomic E-state index is 12.4. The minimum atomic E-state index is -0.965. The molecule has 2 rings (SSSR count). The van der Waals surface area contributed by atoms with Crippen molar-refractivity contribution in [2.45, 2.75) is 32.2 Å². The maximum Gasteiger partial charge on any atom is 0.335 e. The first-order valence-electron chi connectivity index (χ1n) is 8.19. The van der Waals surface area contributed by atoms with Crippen LogP contribution in [0.1, 0.15) is 34.8 Å². The third kappa shape index (κ3) is 5.33. The van der Waals surface area contributed by atoms with Gasteiger partial charge >= 0.3 is 5.97 Å². The third-order valence-electron chi connectivity index (χ3n) is 4.35. The molecule has 1 atom stereocenters. The van der Waals surface area contributed by atoms with Crippen LogP contribution in [0.3, 0.4) is 0 Å². The van der Waals surface area contributed by atoms with Gasteiger partial charge in [-0.25, -0.2) is 4.79 Å². The number of hydrogen-bond acceptors (Lipinski definition) is 2. The molecule has 5 heteroatoms. The lowest BCUT2D eigenvalue weighted by Crippen LogP contribution is -2.36. The first kappa shape index (κ1) is 19.0. The Bertz CT molecular complexity index is 743. The molecule has 0 bridgehead atoms. The highest BCUT2D eigenvalue weighted by Crippen LogP contribution is 2.15. The van der Waals surface area contributed by atoms with E-state index in [0.717, 1.165) is 12.0 Å². The second-order valence-electron chi connectivity index (χ2n) is 6.15. The van der Waals surface area contributed by atoms with Crippen LogP contribution in [0.25, 0.3) is 0 Å². The molecule has 1 amide bonds. The number of benzene rings is 2. The van der Waals surface area contributed by atoms with Crippen molar-refractivity contribution in [3.8, 4) is 0 Å². The number of carboxylic acids is 1. The summed E-state index contributed by atoms with van der Waals surface area (Å²) in [5.41, 5.74) is 2.06. The molecule has 0 aliphatic heterocycles. The first-order valence-corrected chi connectivity index (χ1v) is 8.57. The van der Waals surface area contributed by atoms with E-state index < -0.39 is 5.97 Å². The van der Waals surface area contributed by atoms with E-state index >= 15 is 0 Å². The number of halogens is 1. The third-order valence-corrected chi connectivity index (χ3v) is 4.61. The van der Waals surface area contributed by atoms with Gasteiger partial charge < -0.3 is 10.0 Å². The van der Waals surface area contributed by atoms with Gasteiger partial charge in [-0.05, 0) is 49.1 Å². The van der Waals surface area contributed by atoms with E-state index in [9.17, 15) is 14.7 Å². The molecule has 1 unspecified atom stereocenters. The Morgan fingerprint density at radius 1 is 1.12 bits per heavy atom. The molecule has 1 N–H and O–H groups in total. The van der Waals surface area contributed by atoms with Gasteiger partial charge in [0.05, 0.1) is 5.56 Å². The Labute approximate surface area is 153 Å². The zero-order valence-electron chi connectivity index (χ0n) is 14.4. The number of nitrogens with zero attached hydrogens (tertiary/aromatic N) is 1. The smallest absolute Gasteiger partial charge is 0.335 e. The molecular formula is C20H22ClNO3. The van der Waals surface area contributed by atoms with Crippen molar-refractivity contribution in [3.05, 3.63) is 70.2 Å². The Hall–Kier alpha value is -2.33. The van der Waals surface area contributed by atoms with Crippen molar-refractivity contribution in [1.82, 2.24) is 4.90 Å². The van der Waals surface area contributed by atoms with E-state index in [2.05, 4.69) is 0 Å². The van der Waals surface area contributed by atoms with E-state index in [1.54, 1.807) is 36.2 Å². The molecule has 25 heavy (non-hydrogen) atoms. The molecule has 0 saturated heterocycles. The molecule has 0 saturated carbocycles. The number of likely N-dealkylation sites (N-methyl/N-ethyl adjacent to an activating group) is 1. The fourth-order valence-electron chi connectivity index (χ4n) is 2.71. The molecule has 132 valence electrons. The minimum absolute atomic E-state index is 0.00153. The number of amides is 1. The second-order valence-corrected chi connectivity index (χ2v) is 6.58. The predicted molar refractivity (Wildman–Crippen MR) is 99.1 cm³/mol. The van der Waals surface area contributed by atoms with Crippen LogP contribution in [-0.4, -0.2) is 35.0 Å². The van der Waals surface area contributed by atoms with Crippen molar-refractivity contribution in [2.24, 2.45) is 0 Å². The summed E-state index contributed by atoms with van der Waals surface area (Å²) in [6.07, 6.45) is 1.44. The molecule has 0 aliphatic carbocycles. The van der Waals surface area contributed by atoms with Gasteiger partial charge in [0.1, 0.15) is 0 Å². The van der Waals surface area contributed by atoms with Crippen LogP contribution in [-0.2, 0) is 17.6 Å². The number of hydrogen-bond donors (Lipinski definition) is 1. The summed E-state index contributed by atoms with van der Waals surface area (Å²) < 4.78 is 0. The molecule has 0 aliphatic rings. The van der Waals surface area contributed by atoms with Crippen LogP contribution >= 0.6 is 11.6 Å². The van der Waals surface area contributed by atoms with Gasteiger partial charge in [0.2, 0.25) is 5.91 Å². The Morgan fingerprint density at radius 2 is 1.76 bits per heavy atom. The number of aromatic carboxylic acids is 1. The number of carboxylic acid groups (broad SMARTS) is 1. The highest BCUT2D eigenvalue weighted by Gasteiger charge is 2.17. The SMILES string of the molecule is CC(Cc1ccc(Cl)cc1)N(C)C(=O)CCc1ccccc1C(=O)O. The highest BCUT2D eigenvalue weighted by molar-refractivity contribution is 6.30.